The number of aromatic nitrogens is 2. The van der Waals surface area contributed by atoms with E-state index < -0.39 is 11.7 Å². The van der Waals surface area contributed by atoms with Gasteiger partial charge in [-0.05, 0) is 30.3 Å². The Morgan fingerprint density at radius 3 is 2.35 bits per heavy atom. The summed E-state index contributed by atoms with van der Waals surface area (Å²) in [5.74, 6) is 1.09. The third kappa shape index (κ3) is 2.81. The first-order valence-corrected chi connectivity index (χ1v) is 6.70. The number of methoxy groups -OCH3 is 2. The van der Waals surface area contributed by atoms with Crippen LogP contribution < -0.4 is 9.47 Å². The first-order chi connectivity index (χ1) is 10.9. The maximum atomic E-state index is 12.8. The SMILES string of the molecule is COc1ccc(-c2cn3cc(C(F)(F)F)ccc3n2)cc1OC. The Bertz CT molecular complexity index is 856. The highest BCUT2D eigenvalue weighted by molar-refractivity contribution is 5.66. The molecule has 0 radical (unpaired) electrons. The van der Waals surface area contributed by atoms with Gasteiger partial charge in [0.2, 0.25) is 0 Å². The van der Waals surface area contributed by atoms with Crippen molar-refractivity contribution in [3.8, 4) is 22.8 Å². The minimum Gasteiger partial charge on any atom is -0.493 e. The van der Waals surface area contributed by atoms with Crippen LogP contribution in [0.25, 0.3) is 16.9 Å². The van der Waals surface area contributed by atoms with E-state index in [1.807, 2.05) is 0 Å². The molecule has 4 nitrogen and oxygen atoms in total. The lowest BCUT2D eigenvalue weighted by atomic mass is 10.1. The lowest BCUT2D eigenvalue weighted by Crippen LogP contribution is -2.05. The molecule has 0 saturated carbocycles. The summed E-state index contributed by atoms with van der Waals surface area (Å²) in [5, 5.41) is 0. The van der Waals surface area contributed by atoms with E-state index in [2.05, 4.69) is 4.98 Å². The lowest BCUT2D eigenvalue weighted by Gasteiger charge is -2.08. The average molecular weight is 322 g/mol. The number of benzene rings is 1. The van der Waals surface area contributed by atoms with Crippen LogP contribution in [0.4, 0.5) is 13.2 Å². The van der Waals surface area contributed by atoms with Crippen molar-refractivity contribution in [2.24, 2.45) is 0 Å². The third-order valence-electron chi connectivity index (χ3n) is 3.46. The Balaban J connectivity index is 2.07. The van der Waals surface area contributed by atoms with Gasteiger partial charge in [0.15, 0.2) is 11.5 Å². The van der Waals surface area contributed by atoms with Gasteiger partial charge in [-0.3, -0.25) is 0 Å². The topological polar surface area (TPSA) is 35.8 Å². The van der Waals surface area contributed by atoms with Gasteiger partial charge >= 0.3 is 6.18 Å². The highest BCUT2D eigenvalue weighted by Gasteiger charge is 2.30. The Morgan fingerprint density at radius 2 is 1.70 bits per heavy atom. The molecular formula is C16H13F3N2O2. The van der Waals surface area contributed by atoms with E-state index in [4.69, 9.17) is 9.47 Å². The monoisotopic (exact) mass is 322 g/mol. The zero-order valence-corrected chi connectivity index (χ0v) is 12.4. The molecule has 120 valence electrons. The minimum atomic E-state index is -4.39. The number of ether oxygens (including phenoxy) is 2. The zero-order chi connectivity index (χ0) is 16.6. The van der Waals surface area contributed by atoms with Crippen LogP contribution in [0.1, 0.15) is 5.56 Å². The fraction of sp³-hybridized carbons (Fsp3) is 0.188. The van der Waals surface area contributed by atoms with E-state index >= 15 is 0 Å². The summed E-state index contributed by atoms with van der Waals surface area (Å²) in [6.45, 7) is 0. The molecule has 3 rings (SSSR count). The average Bonchev–Trinajstić information content (AvgIpc) is 2.96. The number of imidazole rings is 1. The van der Waals surface area contributed by atoms with Gasteiger partial charge in [0.1, 0.15) is 5.65 Å². The van der Waals surface area contributed by atoms with Gasteiger partial charge in [0.05, 0.1) is 25.5 Å². The van der Waals surface area contributed by atoms with Crippen LogP contribution in [-0.2, 0) is 6.18 Å². The van der Waals surface area contributed by atoms with Crippen LogP contribution in [0.2, 0.25) is 0 Å². The van der Waals surface area contributed by atoms with Gasteiger partial charge in [-0.2, -0.15) is 13.2 Å². The molecule has 0 aliphatic carbocycles. The smallest absolute Gasteiger partial charge is 0.417 e. The summed E-state index contributed by atoms with van der Waals surface area (Å²) in [7, 11) is 3.04. The largest absolute Gasteiger partial charge is 0.493 e. The van der Waals surface area contributed by atoms with Crippen molar-refractivity contribution >= 4 is 5.65 Å². The molecule has 0 aliphatic rings. The fourth-order valence-electron chi connectivity index (χ4n) is 2.29. The van der Waals surface area contributed by atoms with Crippen molar-refractivity contribution in [1.82, 2.24) is 9.38 Å². The first-order valence-electron chi connectivity index (χ1n) is 6.70. The Hall–Kier alpha value is -2.70. The van der Waals surface area contributed by atoms with E-state index in [0.717, 1.165) is 17.8 Å². The predicted octanol–water partition coefficient (Wildman–Crippen LogP) is 4.04. The summed E-state index contributed by atoms with van der Waals surface area (Å²) in [6.07, 6.45) is -1.82. The molecule has 0 bridgehead atoms. The molecule has 0 amide bonds. The molecule has 0 unspecified atom stereocenters. The summed E-state index contributed by atoms with van der Waals surface area (Å²) < 4.78 is 50.0. The summed E-state index contributed by atoms with van der Waals surface area (Å²) >= 11 is 0. The molecule has 23 heavy (non-hydrogen) atoms. The molecule has 0 saturated heterocycles. The van der Waals surface area contributed by atoms with E-state index in [-0.39, 0.29) is 0 Å². The maximum absolute atomic E-state index is 12.8. The number of fused-ring (bicyclic) bond motifs is 1. The van der Waals surface area contributed by atoms with Gasteiger partial charge in [-0.1, -0.05) is 0 Å². The molecule has 0 atom stereocenters. The van der Waals surface area contributed by atoms with Crippen LogP contribution in [-0.4, -0.2) is 23.6 Å². The Morgan fingerprint density at radius 1 is 0.957 bits per heavy atom. The third-order valence-corrected chi connectivity index (χ3v) is 3.46. The van der Waals surface area contributed by atoms with E-state index in [0.29, 0.717) is 22.8 Å². The summed E-state index contributed by atoms with van der Waals surface area (Å²) in [4.78, 5) is 4.34. The fourth-order valence-corrected chi connectivity index (χ4v) is 2.29. The number of nitrogens with zero attached hydrogens (tertiary/aromatic N) is 2. The van der Waals surface area contributed by atoms with Crippen LogP contribution in [0.5, 0.6) is 11.5 Å². The molecule has 2 heterocycles. The van der Waals surface area contributed by atoms with Crippen molar-refractivity contribution in [3.05, 3.63) is 48.3 Å². The van der Waals surface area contributed by atoms with Gasteiger partial charge in [-0.25, -0.2) is 4.98 Å². The van der Waals surface area contributed by atoms with Crippen LogP contribution >= 0.6 is 0 Å². The number of alkyl halides is 3. The van der Waals surface area contributed by atoms with Gasteiger partial charge < -0.3 is 13.9 Å². The van der Waals surface area contributed by atoms with E-state index in [9.17, 15) is 13.2 Å². The van der Waals surface area contributed by atoms with Crippen molar-refractivity contribution in [1.29, 1.82) is 0 Å². The molecule has 0 aliphatic heterocycles. The molecule has 3 aromatic rings. The molecule has 0 fully saturated rings. The van der Waals surface area contributed by atoms with Gasteiger partial charge in [0, 0.05) is 18.0 Å². The zero-order valence-electron chi connectivity index (χ0n) is 12.4. The maximum Gasteiger partial charge on any atom is 0.417 e. The number of halogens is 3. The quantitative estimate of drug-likeness (QED) is 0.730. The Kier molecular flexibility index (Phi) is 3.63. The van der Waals surface area contributed by atoms with Crippen LogP contribution in [0, 0.1) is 0 Å². The van der Waals surface area contributed by atoms with E-state index in [1.165, 1.54) is 24.7 Å². The van der Waals surface area contributed by atoms with Crippen LogP contribution in [0.3, 0.4) is 0 Å². The molecular weight excluding hydrogens is 309 g/mol. The van der Waals surface area contributed by atoms with Gasteiger partial charge in [-0.15, -0.1) is 0 Å². The number of hydrogen-bond acceptors (Lipinski definition) is 3. The first kappa shape index (κ1) is 15.2. The highest BCUT2D eigenvalue weighted by atomic mass is 19.4. The molecule has 7 heteroatoms. The van der Waals surface area contributed by atoms with E-state index in [1.54, 1.807) is 24.4 Å². The Labute approximate surface area is 130 Å². The highest BCUT2D eigenvalue weighted by Crippen LogP contribution is 2.33. The molecule has 2 aromatic heterocycles. The summed E-state index contributed by atoms with van der Waals surface area (Å²) in [6, 6.07) is 7.58. The summed E-state index contributed by atoms with van der Waals surface area (Å²) in [5.41, 5.74) is 0.981. The molecule has 0 spiro atoms. The second-order valence-electron chi connectivity index (χ2n) is 4.88. The van der Waals surface area contributed by atoms with Crippen molar-refractivity contribution < 1.29 is 22.6 Å². The lowest BCUT2D eigenvalue weighted by molar-refractivity contribution is -0.137. The van der Waals surface area contributed by atoms with Crippen LogP contribution in [0.15, 0.2) is 42.7 Å². The number of hydrogen-bond donors (Lipinski definition) is 0. The predicted molar refractivity (Wildman–Crippen MR) is 78.7 cm³/mol. The number of pyridine rings is 1. The van der Waals surface area contributed by atoms with Crippen molar-refractivity contribution in [2.45, 2.75) is 6.18 Å². The standard InChI is InChI=1S/C16H13F3N2O2/c1-22-13-5-3-10(7-14(13)23-2)12-9-21-8-11(16(17,18)19)4-6-15(21)20-12/h3-9H,1-2H3. The van der Waals surface area contributed by atoms with Crippen molar-refractivity contribution in [2.75, 3.05) is 14.2 Å². The minimum absolute atomic E-state index is 0.433. The van der Waals surface area contributed by atoms with Crippen molar-refractivity contribution in [3.63, 3.8) is 0 Å². The second-order valence-corrected chi connectivity index (χ2v) is 4.88. The molecule has 0 N–H and O–H groups in total. The molecule has 1 aromatic carbocycles. The number of rotatable bonds is 3. The second kappa shape index (κ2) is 5.49. The van der Waals surface area contributed by atoms with Gasteiger partial charge in [0.25, 0.3) is 0 Å². The normalized spacial score (nSPS) is 11.7.